The summed E-state index contributed by atoms with van der Waals surface area (Å²) >= 11 is 3.63. The Hall–Kier alpha value is -3.37. The molecule has 1 aromatic heterocycles. The number of benzene rings is 2. The molecular formula is C25H25BrN2O4. The maximum atomic E-state index is 13.6. The fraction of sp³-hybridized carbons (Fsp3) is 0.240. The lowest BCUT2D eigenvalue weighted by atomic mass is 10.0. The molecule has 0 aliphatic carbocycles. The molecule has 0 bridgehead atoms. The Morgan fingerprint density at radius 1 is 1.06 bits per heavy atom. The Kier molecular flexibility index (Phi) is 7.49. The van der Waals surface area contributed by atoms with Gasteiger partial charge in [-0.3, -0.25) is 4.79 Å². The number of hydrogen-bond acceptors (Lipinski definition) is 4. The van der Waals surface area contributed by atoms with Gasteiger partial charge >= 0.3 is 0 Å². The van der Waals surface area contributed by atoms with Crippen molar-refractivity contribution in [2.24, 2.45) is 0 Å². The highest BCUT2D eigenvalue weighted by Gasteiger charge is 2.25. The van der Waals surface area contributed by atoms with E-state index < -0.39 is 0 Å². The predicted molar refractivity (Wildman–Crippen MR) is 128 cm³/mol. The van der Waals surface area contributed by atoms with Gasteiger partial charge in [0.2, 0.25) is 0 Å². The second-order valence-corrected chi connectivity index (χ2v) is 7.88. The molecule has 166 valence electrons. The third kappa shape index (κ3) is 4.76. The third-order valence-electron chi connectivity index (χ3n) is 5.13. The Balaban J connectivity index is 2.00. The number of rotatable bonds is 8. The first-order chi connectivity index (χ1) is 15.4. The molecule has 0 radical (unpaired) electrons. The summed E-state index contributed by atoms with van der Waals surface area (Å²) < 4.78 is 16.8. The van der Waals surface area contributed by atoms with Gasteiger partial charge in [-0.25, -0.2) is 0 Å². The van der Waals surface area contributed by atoms with Crippen LogP contribution in [-0.4, -0.2) is 43.7 Å². The van der Waals surface area contributed by atoms with E-state index in [1.165, 1.54) is 0 Å². The highest BCUT2D eigenvalue weighted by atomic mass is 79.9. The zero-order chi connectivity index (χ0) is 23.3. The molecule has 0 saturated carbocycles. The second-order valence-electron chi connectivity index (χ2n) is 7.09. The van der Waals surface area contributed by atoms with E-state index >= 15 is 0 Å². The minimum atomic E-state index is -0.208. The minimum absolute atomic E-state index is 0.145. The summed E-state index contributed by atoms with van der Waals surface area (Å²) in [7, 11) is 4.79. The first kappa shape index (κ1) is 23.3. The van der Waals surface area contributed by atoms with Crippen LogP contribution in [0.25, 0.3) is 11.1 Å². The van der Waals surface area contributed by atoms with Crippen molar-refractivity contribution in [3.63, 3.8) is 0 Å². The van der Waals surface area contributed by atoms with Gasteiger partial charge in [0.05, 0.1) is 34.4 Å². The second kappa shape index (κ2) is 10.3. The van der Waals surface area contributed by atoms with Crippen LogP contribution in [0.1, 0.15) is 21.7 Å². The molecule has 0 spiro atoms. The molecular weight excluding hydrogens is 472 g/mol. The highest BCUT2D eigenvalue weighted by molar-refractivity contribution is 9.10. The summed E-state index contributed by atoms with van der Waals surface area (Å²) in [6.45, 7) is 2.34. The van der Waals surface area contributed by atoms with Crippen LogP contribution in [0, 0.1) is 19.3 Å². The van der Waals surface area contributed by atoms with Crippen LogP contribution in [-0.2, 0) is 6.54 Å². The SMILES string of the molecule is C#CCN(Cc1ccc(OC)cc1OC)C(=O)c1[nH]c(C)c(Br)c1-c1ccc(OC)cc1. The van der Waals surface area contributed by atoms with E-state index in [-0.39, 0.29) is 19.0 Å². The lowest BCUT2D eigenvalue weighted by Gasteiger charge is -2.22. The predicted octanol–water partition coefficient (Wildman–Crippen LogP) is 5.05. The highest BCUT2D eigenvalue weighted by Crippen LogP contribution is 2.36. The topological polar surface area (TPSA) is 63.8 Å². The van der Waals surface area contributed by atoms with Crippen molar-refractivity contribution in [2.45, 2.75) is 13.5 Å². The zero-order valence-electron chi connectivity index (χ0n) is 18.5. The summed E-state index contributed by atoms with van der Waals surface area (Å²) in [4.78, 5) is 18.5. The van der Waals surface area contributed by atoms with E-state index in [0.717, 1.165) is 32.6 Å². The molecule has 3 aromatic rings. The van der Waals surface area contributed by atoms with Gasteiger partial charge in [-0.1, -0.05) is 18.1 Å². The fourth-order valence-electron chi connectivity index (χ4n) is 3.45. The van der Waals surface area contributed by atoms with Crippen molar-refractivity contribution in [3.8, 4) is 40.7 Å². The van der Waals surface area contributed by atoms with Gasteiger partial charge in [-0.15, -0.1) is 6.42 Å². The molecule has 32 heavy (non-hydrogen) atoms. The standard InChI is InChI=1S/C25H25BrN2O4/c1-6-13-28(15-18-9-12-20(31-4)14-21(18)32-5)25(29)24-22(23(26)16(2)27-24)17-7-10-19(30-3)11-8-17/h1,7-12,14,27H,13,15H2,2-5H3. The monoisotopic (exact) mass is 496 g/mol. The van der Waals surface area contributed by atoms with Crippen molar-refractivity contribution >= 4 is 21.8 Å². The van der Waals surface area contributed by atoms with Gasteiger partial charge in [0.15, 0.2) is 0 Å². The molecule has 6 nitrogen and oxygen atoms in total. The number of hydrogen-bond donors (Lipinski definition) is 1. The number of aromatic nitrogens is 1. The van der Waals surface area contributed by atoms with Crippen LogP contribution in [0.3, 0.4) is 0 Å². The largest absolute Gasteiger partial charge is 0.497 e. The van der Waals surface area contributed by atoms with E-state index in [1.54, 1.807) is 32.3 Å². The summed E-state index contributed by atoms with van der Waals surface area (Å²) in [6.07, 6.45) is 5.60. The number of aromatic amines is 1. The summed E-state index contributed by atoms with van der Waals surface area (Å²) in [5.41, 5.74) is 3.79. The van der Waals surface area contributed by atoms with Crippen molar-refractivity contribution in [3.05, 3.63) is 63.9 Å². The van der Waals surface area contributed by atoms with Crippen LogP contribution in [0.4, 0.5) is 0 Å². The Bertz CT molecular complexity index is 1150. The molecule has 1 amide bonds. The minimum Gasteiger partial charge on any atom is -0.497 e. The molecule has 0 aliphatic heterocycles. The summed E-state index contributed by atoms with van der Waals surface area (Å²) in [5, 5.41) is 0. The Morgan fingerprint density at radius 3 is 2.31 bits per heavy atom. The van der Waals surface area contributed by atoms with E-state index in [1.807, 2.05) is 43.3 Å². The van der Waals surface area contributed by atoms with E-state index in [2.05, 4.69) is 26.8 Å². The van der Waals surface area contributed by atoms with Crippen LogP contribution in [0.5, 0.6) is 17.2 Å². The Labute approximate surface area is 196 Å². The van der Waals surface area contributed by atoms with Gasteiger partial charge in [-0.05, 0) is 52.7 Å². The molecule has 1 heterocycles. The van der Waals surface area contributed by atoms with E-state index in [0.29, 0.717) is 17.2 Å². The number of carbonyl (C=O) groups is 1. The van der Waals surface area contributed by atoms with Crippen LogP contribution in [0.2, 0.25) is 0 Å². The molecule has 0 fully saturated rings. The quantitative estimate of drug-likeness (QED) is 0.443. The number of amides is 1. The van der Waals surface area contributed by atoms with Gasteiger partial charge in [0.1, 0.15) is 22.9 Å². The first-order valence-corrected chi connectivity index (χ1v) is 10.7. The smallest absolute Gasteiger partial charge is 0.272 e. The van der Waals surface area contributed by atoms with Crippen molar-refractivity contribution < 1.29 is 19.0 Å². The summed E-state index contributed by atoms with van der Waals surface area (Å²) in [6, 6.07) is 13.0. The summed E-state index contributed by atoms with van der Waals surface area (Å²) in [5.74, 6) is 4.42. The average Bonchev–Trinajstić information content (AvgIpc) is 3.12. The number of methoxy groups -OCH3 is 3. The number of halogens is 1. The lowest BCUT2D eigenvalue weighted by molar-refractivity contribution is 0.0760. The third-order valence-corrected chi connectivity index (χ3v) is 6.12. The van der Waals surface area contributed by atoms with Crippen molar-refractivity contribution in [1.82, 2.24) is 9.88 Å². The molecule has 0 saturated heterocycles. The van der Waals surface area contributed by atoms with Crippen LogP contribution < -0.4 is 14.2 Å². The molecule has 0 atom stereocenters. The number of ether oxygens (including phenoxy) is 3. The van der Waals surface area contributed by atoms with Gasteiger partial charge in [-0.2, -0.15) is 0 Å². The van der Waals surface area contributed by atoms with Crippen molar-refractivity contribution in [1.29, 1.82) is 0 Å². The number of terminal acetylenes is 1. The molecule has 2 aromatic carbocycles. The zero-order valence-corrected chi connectivity index (χ0v) is 20.1. The Morgan fingerprint density at radius 2 is 1.72 bits per heavy atom. The lowest BCUT2D eigenvalue weighted by Crippen LogP contribution is -2.31. The van der Waals surface area contributed by atoms with Gasteiger partial charge in [0.25, 0.3) is 5.91 Å². The number of aryl methyl sites for hydroxylation is 1. The first-order valence-electron chi connectivity index (χ1n) is 9.89. The van der Waals surface area contributed by atoms with E-state index in [4.69, 9.17) is 20.6 Å². The van der Waals surface area contributed by atoms with Gasteiger partial charge in [0, 0.05) is 27.4 Å². The van der Waals surface area contributed by atoms with Crippen molar-refractivity contribution in [2.75, 3.05) is 27.9 Å². The number of nitrogens with one attached hydrogen (secondary N) is 1. The average molecular weight is 497 g/mol. The fourth-order valence-corrected chi connectivity index (χ4v) is 3.97. The molecule has 0 unspecified atom stereocenters. The van der Waals surface area contributed by atoms with Crippen LogP contribution >= 0.6 is 15.9 Å². The molecule has 1 N–H and O–H groups in total. The number of H-pyrrole nitrogens is 1. The molecule has 3 rings (SSSR count). The molecule has 7 heteroatoms. The van der Waals surface area contributed by atoms with Crippen LogP contribution in [0.15, 0.2) is 46.9 Å². The number of carbonyl (C=O) groups excluding carboxylic acids is 1. The number of nitrogens with zero attached hydrogens (tertiary/aromatic N) is 1. The molecule has 0 aliphatic rings. The maximum Gasteiger partial charge on any atom is 0.272 e. The normalized spacial score (nSPS) is 10.4. The van der Waals surface area contributed by atoms with E-state index in [9.17, 15) is 4.79 Å². The van der Waals surface area contributed by atoms with Gasteiger partial charge < -0.3 is 24.1 Å². The maximum absolute atomic E-state index is 13.6.